The van der Waals surface area contributed by atoms with Crippen molar-refractivity contribution < 1.29 is 17.9 Å². The minimum absolute atomic E-state index is 0.0366. The van der Waals surface area contributed by atoms with Gasteiger partial charge in [0.05, 0.1) is 18.0 Å². The van der Waals surface area contributed by atoms with Gasteiger partial charge in [0.1, 0.15) is 5.75 Å². The summed E-state index contributed by atoms with van der Waals surface area (Å²) in [6.45, 7) is 5.57. The maximum absolute atomic E-state index is 12.6. The first-order valence-electron chi connectivity index (χ1n) is 8.56. The highest BCUT2D eigenvalue weighted by molar-refractivity contribution is 7.89. The summed E-state index contributed by atoms with van der Waals surface area (Å²) < 4.78 is 32.0. The quantitative estimate of drug-likeness (QED) is 0.647. The summed E-state index contributed by atoms with van der Waals surface area (Å²) in [5.74, 6) is 0.406. The molecule has 0 radical (unpaired) electrons. The van der Waals surface area contributed by atoms with E-state index in [0.29, 0.717) is 6.42 Å². The molecule has 2 rings (SSSR count). The molecule has 0 saturated carbocycles. The standard InChI is InChI=1S/C20H24N2O4S/c1-4-13-21-27(24,25)18-8-6-7-16(14-18)20(23)22-19(5-2)15-9-11-17(26-3)12-10-15/h4,6-12,14,19,21H,1,5,13H2,2-3H3,(H,22,23). The van der Waals surface area contributed by atoms with Crippen molar-refractivity contribution in [2.24, 2.45) is 0 Å². The molecule has 1 unspecified atom stereocenters. The molecule has 6 nitrogen and oxygen atoms in total. The molecule has 27 heavy (non-hydrogen) atoms. The molecular weight excluding hydrogens is 364 g/mol. The largest absolute Gasteiger partial charge is 0.497 e. The van der Waals surface area contributed by atoms with E-state index in [4.69, 9.17) is 4.74 Å². The Kier molecular flexibility index (Phi) is 7.15. The molecular formula is C20H24N2O4S. The van der Waals surface area contributed by atoms with Gasteiger partial charge in [-0.05, 0) is 42.3 Å². The number of hydrogen-bond donors (Lipinski definition) is 2. The van der Waals surface area contributed by atoms with Gasteiger partial charge in [-0.1, -0.05) is 31.2 Å². The van der Waals surface area contributed by atoms with Crippen molar-refractivity contribution in [1.29, 1.82) is 0 Å². The Bertz CT molecular complexity index is 892. The van der Waals surface area contributed by atoms with Gasteiger partial charge in [0, 0.05) is 12.1 Å². The molecule has 2 aromatic rings. The van der Waals surface area contributed by atoms with Crippen molar-refractivity contribution in [3.05, 3.63) is 72.3 Å². The first-order chi connectivity index (χ1) is 12.9. The molecule has 144 valence electrons. The number of rotatable bonds is 9. The van der Waals surface area contributed by atoms with Gasteiger partial charge in [0.2, 0.25) is 10.0 Å². The van der Waals surface area contributed by atoms with Crippen LogP contribution in [0.3, 0.4) is 0 Å². The highest BCUT2D eigenvalue weighted by Crippen LogP contribution is 2.21. The van der Waals surface area contributed by atoms with E-state index in [-0.39, 0.29) is 29.0 Å². The molecule has 0 aliphatic rings. The summed E-state index contributed by atoms with van der Waals surface area (Å²) in [4.78, 5) is 12.7. The molecule has 0 saturated heterocycles. The average Bonchev–Trinajstić information content (AvgIpc) is 2.70. The van der Waals surface area contributed by atoms with Gasteiger partial charge in [0.25, 0.3) is 5.91 Å². The lowest BCUT2D eigenvalue weighted by molar-refractivity contribution is 0.0935. The zero-order chi connectivity index (χ0) is 19.9. The smallest absolute Gasteiger partial charge is 0.251 e. The Hall–Kier alpha value is -2.64. The normalized spacial score (nSPS) is 12.2. The predicted molar refractivity (Wildman–Crippen MR) is 105 cm³/mol. The summed E-state index contributed by atoms with van der Waals surface area (Å²) in [5.41, 5.74) is 1.23. The zero-order valence-electron chi connectivity index (χ0n) is 15.4. The molecule has 7 heteroatoms. The van der Waals surface area contributed by atoms with Crippen molar-refractivity contribution >= 4 is 15.9 Å². The second kappa shape index (κ2) is 9.34. The minimum atomic E-state index is -3.69. The summed E-state index contributed by atoms with van der Waals surface area (Å²) in [7, 11) is -2.09. The van der Waals surface area contributed by atoms with Crippen LogP contribution >= 0.6 is 0 Å². The monoisotopic (exact) mass is 388 g/mol. The van der Waals surface area contributed by atoms with Gasteiger partial charge in [-0.15, -0.1) is 6.58 Å². The molecule has 2 aromatic carbocycles. The molecule has 1 atom stereocenters. The van der Waals surface area contributed by atoms with Crippen LogP contribution < -0.4 is 14.8 Å². The van der Waals surface area contributed by atoms with Crippen molar-refractivity contribution in [2.45, 2.75) is 24.3 Å². The second-order valence-electron chi connectivity index (χ2n) is 5.88. The lowest BCUT2D eigenvalue weighted by Gasteiger charge is -2.18. The van der Waals surface area contributed by atoms with E-state index >= 15 is 0 Å². The van der Waals surface area contributed by atoms with Crippen LogP contribution in [-0.4, -0.2) is 28.0 Å². The first kappa shape index (κ1) is 20.7. The van der Waals surface area contributed by atoms with E-state index in [1.807, 2.05) is 31.2 Å². The van der Waals surface area contributed by atoms with Crippen LogP contribution in [0.2, 0.25) is 0 Å². The summed E-state index contributed by atoms with van der Waals surface area (Å²) in [6.07, 6.45) is 2.14. The number of carbonyl (C=O) groups excluding carboxylic acids is 1. The van der Waals surface area contributed by atoms with E-state index in [0.717, 1.165) is 11.3 Å². The minimum Gasteiger partial charge on any atom is -0.497 e. The van der Waals surface area contributed by atoms with E-state index in [1.165, 1.54) is 18.2 Å². The third-order valence-electron chi connectivity index (χ3n) is 4.06. The van der Waals surface area contributed by atoms with E-state index in [1.54, 1.807) is 19.2 Å². The van der Waals surface area contributed by atoms with Crippen LogP contribution in [0.5, 0.6) is 5.75 Å². The highest BCUT2D eigenvalue weighted by Gasteiger charge is 2.18. The predicted octanol–water partition coefficient (Wildman–Crippen LogP) is 3.04. The Balaban J connectivity index is 2.18. The van der Waals surface area contributed by atoms with Gasteiger partial charge >= 0.3 is 0 Å². The fourth-order valence-corrected chi connectivity index (χ4v) is 3.60. The number of hydrogen-bond acceptors (Lipinski definition) is 4. The average molecular weight is 388 g/mol. The van der Waals surface area contributed by atoms with Crippen LogP contribution in [0.1, 0.15) is 35.3 Å². The number of methoxy groups -OCH3 is 1. The molecule has 0 aliphatic carbocycles. The van der Waals surface area contributed by atoms with Crippen LogP contribution in [0.15, 0.2) is 66.1 Å². The van der Waals surface area contributed by atoms with Crippen LogP contribution in [0, 0.1) is 0 Å². The van der Waals surface area contributed by atoms with Crippen LogP contribution in [-0.2, 0) is 10.0 Å². The second-order valence-corrected chi connectivity index (χ2v) is 7.64. The molecule has 0 fully saturated rings. The number of benzene rings is 2. The van der Waals surface area contributed by atoms with Gasteiger partial charge < -0.3 is 10.1 Å². The number of amides is 1. The third kappa shape index (κ3) is 5.42. The molecule has 0 spiro atoms. The molecule has 1 amide bonds. The fraction of sp³-hybridized carbons (Fsp3) is 0.250. The van der Waals surface area contributed by atoms with Gasteiger partial charge in [-0.25, -0.2) is 13.1 Å². The zero-order valence-corrected chi connectivity index (χ0v) is 16.3. The Morgan fingerprint density at radius 2 is 1.93 bits per heavy atom. The summed E-state index contributed by atoms with van der Waals surface area (Å²) >= 11 is 0. The van der Waals surface area contributed by atoms with Crippen molar-refractivity contribution in [1.82, 2.24) is 10.0 Å². The molecule has 0 heterocycles. The van der Waals surface area contributed by atoms with E-state index in [2.05, 4.69) is 16.6 Å². The number of nitrogens with one attached hydrogen (secondary N) is 2. The molecule has 0 aliphatic heterocycles. The molecule has 0 aromatic heterocycles. The van der Waals surface area contributed by atoms with E-state index < -0.39 is 10.0 Å². The number of sulfonamides is 1. The van der Waals surface area contributed by atoms with Gasteiger partial charge in [-0.2, -0.15) is 0 Å². The van der Waals surface area contributed by atoms with E-state index in [9.17, 15) is 13.2 Å². The van der Waals surface area contributed by atoms with Crippen LogP contribution in [0.25, 0.3) is 0 Å². The maximum atomic E-state index is 12.6. The van der Waals surface area contributed by atoms with Gasteiger partial charge in [0.15, 0.2) is 0 Å². The first-order valence-corrected chi connectivity index (χ1v) is 10.0. The number of carbonyl (C=O) groups is 1. The summed E-state index contributed by atoms with van der Waals surface area (Å²) in [6, 6.07) is 13.2. The lowest BCUT2D eigenvalue weighted by atomic mass is 10.0. The Labute approximate surface area is 160 Å². The van der Waals surface area contributed by atoms with Crippen LogP contribution in [0.4, 0.5) is 0 Å². The highest BCUT2D eigenvalue weighted by atomic mass is 32.2. The lowest BCUT2D eigenvalue weighted by Crippen LogP contribution is -2.29. The number of ether oxygens (including phenoxy) is 1. The molecule has 2 N–H and O–H groups in total. The Morgan fingerprint density at radius 3 is 2.52 bits per heavy atom. The SMILES string of the molecule is C=CCNS(=O)(=O)c1cccc(C(=O)NC(CC)c2ccc(OC)cc2)c1. The van der Waals surface area contributed by atoms with Crippen molar-refractivity contribution in [2.75, 3.05) is 13.7 Å². The summed E-state index contributed by atoms with van der Waals surface area (Å²) in [5, 5.41) is 2.95. The molecule has 0 bridgehead atoms. The Morgan fingerprint density at radius 1 is 1.22 bits per heavy atom. The fourth-order valence-electron chi connectivity index (χ4n) is 2.56. The van der Waals surface area contributed by atoms with Gasteiger partial charge in [-0.3, -0.25) is 4.79 Å². The van der Waals surface area contributed by atoms with Crippen molar-refractivity contribution in [3.63, 3.8) is 0 Å². The third-order valence-corrected chi connectivity index (χ3v) is 5.48. The van der Waals surface area contributed by atoms with Crippen molar-refractivity contribution in [3.8, 4) is 5.75 Å². The topological polar surface area (TPSA) is 84.5 Å². The maximum Gasteiger partial charge on any atom is 0.251 e.